The van der Waals surface area contributed by atoms with Gasteiger partial charge in [-0.25, -0.2) is 12.8 Å². The first-order valence-electron chi connectivity index (χ1n) is 7.91. The van der Waals surface area contributed by atoms with Crippen LogP contribution in [0.5, 0.6) is 0 Å². The van der Waals surface area contributed by atoms with Gasteiger partial charge in [0.15, 0.2) is 0 Å². The van der Waals surface area contributed by atoms with Crippen molar-refractivity contribution in [1.29, 1.82) is 0 Å². The molecule has 1 N–H and O–H groups in total. The molecule has 1 atom stereocenters. The molecule has 0 bridgehead atoms. The highest BCUT2D eigenvalue weighted by Gasteiger charge is 2.33. The van der Waals surface area contributed by atoms with E-state index in [-0.39, 0.29) is 35.9 Å². The number of hydrogen-bond acceptors (Lipinski definition) is 3. The number of nitrogens with one attached hydrogen (secondary N) is 1. The predicted molar refractivity (Wildman–Crippen MR) is 85.8 cm³/mol. The molecule has 128 valence electrons. The molecule has 1 aliphatic heterocycles. The van der Waals surface area contributed by atoms with Crippen molar-refractivity contribution < 1.29 is 17.6 Å². The zero-order valence-corrected chi connectivity index (χ0v) is 14.3. The van der Waals surface area contributed by atoms with Gasteiger partial charge >= 0.3 is 0 Å². The normalized spacial score (nSPS) is 18.6. The molecule has 7 heteroatoms. The highest BCUT2D eigenvalue weighted by Crippen LogP contribution is 2.25. The molecule has 0 spiro atoms. The number of carbonyl (C=O) groups is 1. The van der Waals surface area contributed by atoms with Gasteiger partial charge in [0.2, 0.25) is 15.9 Å². The van der Waals surface area contributed by atoms with Gasteiger partial charge in [-0.2, -0.15) is 4.31 Å². The Morgan fingerprint density at radius 2 is 1.96 bits per heavy atom. The number of hydrogen-bond donors (Lipinski definition) is 1. The summed E-state index contributed by atoms with van der Waals surface area (Å²) in [4.78, 5) is 11.8. The number of halogens is 1. The van der Waals surface area contributed by atoms with Crippen molar-refractivity contribution >= 4 is 15.9 Å². The summed E-state index contributed by atoms with van der Waals surface area (Å²) in [5, 5.41) is 2.93. The van der Waals surface area contributed by atoms with Crippen LogP contribution >= 0.6 is 0 Å². The van der Waals surface area contributed by atoms with Gasteiger partial charge in [0, 0.05) is 25.0 Å². The number of nitrogens with zero attached hydrogens (tertiary/aromatic N) is 1. The average Bonchev–Trinajstić information content (AvgIpc) is 2.55. The van der Waals surface area contributed by atoms with Gasteiger partial charge in [-0.1, -0.05) is 19.1 Å². The van der Waals surface area contributed by atoms with E-state index < -0.39 is 15.8 Å². The first kappa shape index (κ1) is 17.9. The van der Waals surface area contributed by atoms with Crippen LogP contribution in [-0.2, 0) is 14.8 Å². The van der Waals surface area contributed by atoms with Gasteiger partial charge in [0.25, 0.3) is 0 Å². The molecule has 1 saturated heterocycles. The van der Waals surface area contributed by atoms with E-state index in [4.69, 9.17) is 0 Å². The predicted octanol–water partition coefficient (Wildman–Crippen LogP) is 2.14. The van der Waals surface area contributed by atoms with Crippen molar-refractivity contribution in [1.82, 2.24) is 9.62 Å². The first-order chi connectivity index (χ1) is 10.9. The third-order valence-corrected chi connectivity index (χ3v) is 6.21. The van der Waals surface area contributed by atoms with Crippen molar-refractivity contribution in [3.63, 3.8) is 0 Å². The standard InChI is InChI=1S/C16H23FN2O3S/c1-3-12(2)18-16(20)13-8-10-19(11-9-13)23(21,22)15-7-5-4-6-14(15)17/h4-7,12-13H,3,8-11H2,1-2H3,(H,18,20). The summed E-state index contributed by atoms with van der Waals surface area (Å²) in [7, 11) is -3.84. The highest BCUT2D eigenvalue weighted by atomic mass is 32.2. The number of sulfonamides is 1. The Kier molecular flexibility index (Phi) is 5.75. The molecule has 1 aromatic rings. The second-order valence-corrected chi connectivity index (χ2v) is 7.83. The minimum atomic E-state index is -3.84. The van der Waals surface area contributed by atoms with Crippen LogP contribution in [0, 0.1) is 11.7 Å². The lowest BCUT2D eigenvalue weighted by atomic mass is 9.97. The molecule has 1 unspecified atom stereocenters. The molecule has 0 aromatic heterocycles. The monoisotopic (exact) mass is 342 g/mol. The Hall–Kier alpha value is -1.47. The van der Waals surface area contributed by atoms with Gasteiger partial charge in [-0.3, -0.25) is 4.79 Å². The molecule has 1 heterocycles. The van der Waals surface area contributed by atoms with E-state index in [0.717, 1.165) is 12.5 Å². The fraction of sp³-hybridized carbons (Fsp3) is 0.562. The summed E-state index contributed by atoms with van der Waals surface area (Å²) in [5.41, 5.74) is 0. The van der Waals surface area contributed by atoms with E-state index in [1.165, 1.54) is 22.5 Å². The van der Waals surface area contributed by atoms with Crippen molar-refractivity contribution in [2.45, 2.75) is 44.0 Å². The van der Waals surface area contributed by atoms with E-state index in [9.17, 15) is 17.6 Å². The minimum Gasteiger partial charge on any atom is -0.353 e. The third kappa shape index (κ3) is 4.09. The van der Waals surface area contributed by atoms with Gasteiger partial charge in [-0.05, 0) is 38.3 Å². The van der Waals surface area contributed by atoms with E-state index in [0.29, 0.717) is 12.8 Å². The van der Waals surface area contributed by atoms with E-state index in [1.54, 1.807) is 0 Å². The maximum absolute atomic E-state index is 13.8. The van der Waals surface area contributed by atoms with Crippen LogP contribution in [0.3, 0.4) is 0 Å². The molecule has 1 amide bonds. The molecule has 2 rings (SSSR count). The van der Waals surface area contributed by atoms with Crippen LogP contribution in [0.15, 0.2) is 29.2 Å². The van der Waals surface area contributed by atoms with Crippen LogP contribution in [0.4, 0.5) is 4.39 Å². The summed E-state index contributed by atoms with van der Waals surface area (Å²) in [6.07, 6.45) is 1.76. The Bertz CT molecular complexity index is 655. The summed E-state index contributed by atoms with van der Waals surface area (Å²) >= 11 is 0. The molecule has 0 radical (unpaired) electrons. The smallest absolute Gasteiger partial charge is 0.245 e. The van der Waals surface area contributed by atoms with E-state index in [2.05, 4.69) is 5.32 Å². The molecule has 23 heavy (non-hydrogen) atoms. The molecular formula is C16H23FN2O3S. The van der Waals surface area contributed by atoms with Gasteiger partial charge in [0.1, 0.15) is 10.7 Å². The van der Waals surface area contributed by atoms with Crippen molar-refractivity contribution in [3.05, 3.63) is 30.1 Å². The van der Waals surface area contributed by atoms with Crippen molar-refractivity contribution in [2.75, 3.05) is 13.1 Å². The number of amides is 1. The Morgan fingerprint density at radius 3 is 2.52 bits per heavy atom. The quantitative estimate of drug-likeness (QED) is 0.891. The van der Waals surface area contributed by atoms with Crippen LogP contribution in [0.2, 0.25) is 0 Å². The number of piperidine rings is 1. The van der Waals surface area contributed by atoms with Gasteiger partial charge in [-0.15, -0.1) is 0 Å². The van der Waals surface area contributed by atoms with Gasteiger partial charge < -0.3 is 5.32 Å². The molecule has 0 saturated carbocycles. The van der Waals surface area contributed by atoms with Crippen molar-refractivity contribution in [2.24, 2.45) is 5.92 Å². The second-order valence-electron chi connectivity index (χ2n) is 5.93. The Morgan fingerprint density at radius 1 is 1.35 bits per heavy atom. The SMILES string of the molecule is CCC(C)NC(=O)C1CCN(S(=O)(=O)c2ccccc2F)CC1. The van der Waals surface area contributed by atoms with E-state index in [1.807, 2.05) is 13.8 Å². The number of rotatable bonds is 5. The number of carbonyl (C=O) groups excluding carboxylic acids is 1. The van der Waals surface area contributed by atoms with Crippen molar-refractivity contribution in [3.8, 4) is 0 Å². The summed E-state index contributed by atoms with van der Waals surface area (Å²) in [6, 6.07) is 5.48. The Balaban J connectivity index is 2.02. The lowest BCUT2D eigenvalue weighted by molar-refractivity contribution is -0.126. The molecule has 1 aromatic carbocycles. The molecular weight excluding hydrogens is 319 g/mol. The summed E-state index contributed by atoms with van der Waals surface area (Å²) in [5.74, 6) is -0.956. The molecule has 0 aliphatic carbocycles. The van der Waals surface area contributed by atoms with Crippen LogP contribution < -0.4 is 5.32 Å². The maximum Gasteiger partial charge on any atom is 0.245 e. The zero-order valence-electron chi connectivity index (χ0n) is 13.5. The topological polar surface area (TPSA) is 66.5 Å². The lowest BCUT2D eigenvalue weighted by Gasteiger charge is -2.31. The second kappa shape index (κ2) is 7.40. The first-order valence-corrected chi connectivity index (χ1v) is 9.35. The fourth-order valence-corrected chi connectivity index (χ4v) is 4.15. The number of benzene rings is 1. The van der Waals surface area contributed by atoms with Crippen LogP contribution in [-0.4, -0.2) is 37.8 Å². The summed E-state index contributed by atoms with van der Waals surface area (Å²) < 4.78 is 40.0. The van der Waals surface area contributed by atoms with E-state index >= 15 is 0 Å². The lowest BCUT2D eigenvalue weighted by Crippen LogP contribution is -2.44. The molecule has 1 aliphatic rings. The fourth-order valence-electron chi connectivity index (χ4n) is 2.61. The summed E-state index contributed by atoms with van der Waals surface area (Å²) in [6.45, 7) is 4.40. The van der Waals surface area contributed by atoms with Crippen LogP contribution in [0.25, 0.3) is 0 Å². The Labute approximate surface area is 136 Å². The largest absolute Gasteiger partial charge is 0.353 e. The minimum absolute atomic E-state index is 0.0257. The third-order valence-electron chi connectivity index (χ3n) is 4.28. The molecule has 5 nitrogen and oxygen atoms in total. The average molecular weight is 342 g/mol. The maximum atomic E-state index is 13.8. The molecule has 1 fully saturated rings. The van der Waals surface area contributed by atoms with Crippen LogP contribution in [0.1, 0.15) is 33.1 Å². The zero-order chi connectivity index (χ0) is 17.0. The highest BCUT2D eigenvalue weighted by molar-refractivity contribution is 7.89. The van der Waals surface area contributed by atoms with Gasteiger partial charge in [0.05, 0.1) is 0 Å².